The second-order valence-corrected chi connectivity index (χ2v) is 4.58. The Bertz CT molecular complexity index is 573. The molecule has 0 unspecified atom stereocenters. The third-order valence-corrected chi connectivity index (χ3v) is 2.90. The summed E-state index contributed by atoms with van der Waals surface area (Å²) < 4.78 is 0. The van der Waals surface area contributed by atoms with Gasteiger partial charge in [-0.1, -0.05) is 13.3 Å². The van der Waals surface area contributed by atoms with Gasteiger partial charge in [-0.25, -0.2) is 9.97 Å². The minimum Gasteiger partial charge on any atom is -0.351 e. The fourth-order valence-electron chi connectivity index (χ4n) is 1.72. The average Bonchev–Trinajstić information content (AvgIpc) is 2.54. The number of hydrogen-bond donors (Lipinski definition) is 2. The van der Waals surface area contributed by atoms with Crippen LogP contribution >= 0.6 is 0 Å². The van der Waals surface area contributed by atoms with E-state index in [2.05, 4.69) is 32.5 Å². The summed E-state index contributed by atoms with van der Waals surface area (Å²) in [5, 5.41) is 5.93. The first kappa shape index (κ1) is 14.9. The number of amides is 1. The van der Waals surface area contributed by atoms with E-state index in [4.69, 9.17) is 0 Å². The first-order valence-electron chi connectivity index (χ1n) is 7.03. The van der Waals surface area contributed by atoms with Crippen LogP contribution in [-0.2, 0) is 6.54 Å². The summed E-state index contributed by atoms with van der Waals surface area (Å²) in [4.78, 5) is 24.2. The molecule has 6 nitrogen and oxygen atoms in total. The van der Waals surface area contributed by atoms with Crippen molar-refractivity contribution < 1.29 is 4.79 Å². The molecule has 0 atom stereocenters. The second-order valence-electron chi connectivity index (χ2n) is 4.58. The normalized spacial score (nSPS) is 10.1. The third-order valence-electron chi connectivity index (χ3n) is 2.90. The summed E-state index contributed by atoms with van der Waals surface area (Å²) in [5.41, 5.74) is 1.45. The molecule has 2 N–H and O–H groups in total. The number of carbonyl (C=O) groups is 1. The molecule has 110 valence electrons. The van der Waals surface area contributed by atoms with E-state index in [0.29, 0.717) is 24.7 Å². The van der Waals surface area contributed by atoms with Crippen LogP contribution in [0.5, 0.6) is 0 Å². The fraction of sp³-hybridized carbons (Fsp3) is 0.333. The number of pyridine rings is 1. The van der Waals surface area contributed by atoms with Crippen molar-refractivity contribution in [3.8, 4) is 0 Å². The van der Waals surface area contributed by atoms with E-state index in [1.165, 1.54) is 0 Å². The van der Waals surface area contributed by atoms with Crippen molar-refractivity contribution in [1.82, 2.24) is 20.3 Å². The van der Waals surface area contributed by atoms with Gasteiger partial charge in [0.25, 0.3) is 5.91 Å². The van der Waals surface area contributed by atoms with Crippen LogP contribution in [0.25, 0.3) is 0 Å². The van der Waals surface area contributed by atoms with Gasteiger partial charge in [0.05, 0.1) is 0 Å². The third kappa shape index (κ3) is 4.83. The largest absolute Gasteiger partial charge is 0.351 e. The molecule has 0 spiro atoms. The molecule has 2 rings (SSSR count). The number of aromatic nitrogens is 3. The number of anilines is 1. The Morgan fingerprint density at radius 1 is 1.19 bits per heavy atom. The van der Waals surface area contributed by atoms with Crippen molar-refractivity contribution in [2.45, 2.75) is 26.3 Å². The standard InChI is InChI=1S/C15H19N5O/c1-2-3-7-17-14(21)13-6-10-18-15(20-13)19-11-12-4-8-16-9-5-12/h4-6,8-10H,2-3,7,11H2,1H3,(H,17,21)(H,18,19,20). The Kier molecular flexibility index (Phi) is 5.63. The van der Waals surface area contributed by atoms with Crippen LogP contribution in [0, 0.1) is 0 Å². The SMILES string of the molecule is CCCCNC(=O)c1ccnc(NCc2ccncc2)n1. The molecule has 0 fully saturated rings. The number of nitrogens with one attached hydrogen (secondary N) is 2. The van der Waals surface area contributed by atoms with E-state index >= 15 is 0 Å². The van der Waals surface area contributed by atoms with Crippen LogP contribution in [0.4, 0.5) is 5.95 Å². The Labute approximate surface area is 124 Å². The van der Waals surface area contributed by atoms with Crippen molar-refractivity contribution in [2.75, 3.05) is 11.9 Å². The van der Waals surface area contributed by atoms with Crippen molar-refractivity contribution in [2.24, 2.45) is 0 Å². The molecule has 0 saturated carbocycles. The first-order valence-corrected chi connectivity index (χ1v) is 7.03. The summed E-state index contributed by atoms with van der Waals surface area (Å²) in [6, 6.07) is 5.43. The van der Waals surface area contributed by atoms with Crippen LogP contribution in [-0.4, -0.2) is 27.4 Å². The van der Waals surface area contributed by atoms with Crippen LogP contribution < -0.4 is 10.6 Å². The highest BCUT2D eigenvalue weighted by Gasteiger charge is 2.07. The number of unbranched alkanes of at least 4 members (excludes halogenated alkanes) is 1. The molecule has 6 heteroatoms. The maximum Gasteiger partial charge on any atom is 0.270 e. The number of carbonyl (C=O) groups excluding carboxylic acids is 1. The number of nitrogens with zero attached hydrogens (tertiary/aromatic N) is 3. The van der Waals surface area contributed by atoms with Gasteiger partial charge in [-0.05, 0) is 30.2 Å². The summed E-state index contributed by atoms with van der Waals surface area (Å²) >= 11 is 0. The van der Waals surface area contributed by atoms with Crippen molar-refractivity contribution >= 4 is 11.9 Å². The van der Waals surface area contributed by atoms with E-state index < -0.39 is 0 Å². The first-order chi connectivity index (χ1) is 10.3. The fourth-order valence-corrected chi connectivity index (χ4v) is 1.72. The Morgan fingerprint density at radius 3 is 2.76 bits per heavy atom. The molecule has 0 aliphatic rings. The predicted molar refractivity (Wildman–Crippen MR) is 80.8 cm³/mol. The lowest BCUT2D eigenvalue weighted by molar-refractivity contribution is 0.0948. The van der Waals surface area contributed by atoms with Crippen LogP contribution in [0.2, 0.25) is 0 Å². The minimum absolute atomic E-state index is 0.169. The minimum atomic E-state index is -0.169. The van der Waals surface area contributed by atoms with Gasteiger partial charge in [0.15, 0.2) is 0 Å². The quantitative estimate of drug-likeness (QED) is 0.761. The monoisotopic (exact) mass is 285 g/mol. The van der Waals surface area contributed by atoms with Crippen molar-refractivity contribution in [3.05, 3.63) is 48.0 Å². The Balaban J connectivity index is 1.92. The zero-order valence-corrected chi connectivity index (χ0v) is 12.0. The Morgan fingerprint density at radius 2 is 2.00 bits per heavy atom. The highest BCUT2D eigenvalue weighted by molar-refractivity contribution is 5.92. The molecular formula is C15H19N5O. The highest BCUT2D eigenvalue weighted by atomic mass is 16.1. The van der Waals surface area contributed by atoms with Gasteiger partial charge in [-0.3, -0.25) is 9.78 Å². The summed E-state index contributed by atoms with van der Waals surface area (Å²) in [6.07, 6.45) is 7.05. The molecule has 0 saturated heterocycles. The molecule has 0 aliphatic heterocycles. The molecule has 0 radical (unpaired) electrons. The molecule has 2 aromatic rings. The molecule has 0 aromatic carbocycles. The second kappa shape index (κ2) is 7.94. The molecule has 0 aliphatic carbocycles. The van der Waals surface area contributed by atoms with E-state index in [-0.39, 0.29) is 5.91 Å². The predicted octanol–water partition coefficient (Wildman–Crippen LogP) is 2.01. The van der Waals surface area contributed by atoms with Gasteiger partial charge in [0, 0.05) is 31.7 Å². The average molecular weight is 285 g/mol. The zero-order chi connectivity index (χ0) is 14.9. The van der Waals surface area contributed by atoms with E-state index in [1.807, 2.05) is 12.1 Å². The van der Waals surface area contributed by atoms with Crippen LogP contribution in [0.1, 0.15) is 35.8 Å². The van der Waals surface area contributed by atoms with E-state index in [0.717, 1.165) is 18.4 Å². The van der Waals surface area contributed by atoms with Gasteiger partial charge < -0.3 is 10.6 Å². The van der Waals surface area contributed by atoms with E-state index in [9.17, 15) is 4.79 Å². The maximum atomic E-state index is 11.9. The van der Waals surface area contributed by atoms with Gasteiger partial charge in [0.2, 0.25) is 5.95 Å². The van der Waals surface area contributed by atoms with Crippen LogP contribution in [0.15, 0.2) is 36.8 Å². The molecule has 21 heavy (non-hydrogen) atoms. The number of rotatable bonds is 7. The highest BCUT2D eigenvalue weighted by Crippen LogP contribution is 2.04. The maximum absolute atomic E-state index is 11.9. The molecule has 0 bridgehead atoms. The summed E-state index contributed by atoms with van der Waals surface area (Å²) in [5.74, 6) is 0.271. The zero-order valence-electron chi connectivity index (χ0n) is 12.0. The molecule has 2 aromatic heterocycles. The van der Waals surface area contributed by atoms with E-state index in [1.54, 1.807) is 24.7 Å². The lowest BCUT2D eigenvalue weighted by atomic mass is 10.3. The number of hydrogen-bond acceptors (Lipinski definition) is 5. The van der Waals surface area contributed by atoms with Gasteiger partial charge in [-0.15, -0.1) is 0 Å². The van der Waals surface area contributed by atoms with Gasteiger partial charge in [0.1, 0.15) is 5.69 Å². The van der Waals surface area contributed by atoms with Crippen LogP contribution in [0.3, 0.4) is 0 Å². The smallest absolute Gasteiger partial charge is 0.270 e. The lowest BCUT2D eigenvalue weighted by Gasteiger charge is -2.07. The van der Waals surface area contributed by atoms with Crippen molar-refractivity contribution in [3.63, 3.8) is 0 Å². The Hall–Kier alpha value is -2.50. The molecule has 1 amide bonds. The topological polar surface area (TPSA) is 79.8 Å². The van der Waals surface area contributed by atoms with Gasteiger partial charge in [-0.2, -0.15) is 0 Å². The summed E-state index contributed by atoms with van der Waals surface area (Å²) in [7, 11) is 0. The van der Waals surface area contributed by atoms with Crippen molar-refractivity contribution in [1.29, 1.82) is 0 Å². The molecular weight excluding hydrogens is 266 g/mol. The lowest BCUT2D eigenvalue weighted by Crippen LogP contribution is -2.25. The summed E-state index contributed by atoms with van der Waals surface area (Å²) in [6.45, 7) is 3.33. The molecule has 2 heterocycles. The van der Waals surface area contributed by atoms with Gasteiger partial charge >= 0.3 is 0 Å².